The van der Waals surface area contributed by atoms with Gasteiger partial charge in [0.2, 0.25) is 17.6 Å². The van der Waals surface area contributed by atoms with E-state index in [2.05, 4.69) is 20.4 Å². The van der Waals surface area contributed by atoms with Crippen molar-refractivity contribution >= 4 is 11.6 Å². The van der Waals surface area contributed by atoms with E-state index < -0.39 is 0 Å². The van der Waals surface area contributed by atoms with Crippen molar-refractivity contribution in [2.45, 2.75) is 26.7 Å². The fourth-order valence-corrected chi connectivity index (χ4v) is 2.39. The highest BCUT2D eigenvalue weighted by molar-refractivity contribution is 5.92. The van der Waals surface area contributed by atoms with Gasteiger partial charge in [-0.15, -0.1) is 0 Å². The van der Waals surface area contributed by atoms with Gasteiger partial charge in [0, 0.05) is 24.7 Å². The first kappa shape index (κ1) is 15.9. The number of carbonyl (C=O) groups excluding carboxylic acids is 1. The molecule has 3 rings (SSSR count). The molecule has 3 aromatic rings. The standard InChI is InChI=1S/C18H18N4O2/c1-12-6-5-7-13(2)17(12)20-15(23)9-10-16-21-18(22-24-16)14-8-3-4-11-19-14/h3-8,11H,9-10H2,1-2H3,(H,20,23). The number of nitrogens with one attached hydrogen (secondary N) is 1. The molecule has 0 bridgehead atoms. The quantitative estimate of drug-likeness (QED) is 0.779. The van der Waals surface area contributed by atoms with Crippen molar-refractivity contribution in [2.75, 3.05) is 5.32 Å². The van der Waals surface area contributed by atoms with Crippen molar-refractivity contribution in [1.29, 1.82) is 0 Å². The lowest BCUT2D eigenvalue weighted by Gasteiger charge is -2.10. The van der Waals surface area contributed by atoms with Crippen LogP contribution in [-0.4, -0.2) is 21.0 Å². The van der Waals surface area contributed by atoms with Crippen molar-refractivity contribution in [2.24, 2.45) is 0 Å². The van der Waals surface area contributed by atoms with Crippen LogP contribution in [0.3, 0.4) is 0 Å². The minimum Gasteiger partial charge on any atom is -0.339 e. The molecule has 1 aromatic carbocycles. The number of aromatic nitrogens is 3. The van der Waals surface area contributed by atoms with E-state index in [4.69, 9.17) is 4.52 Å². The van der Waals surface area contributed by atoms with Gasteiger partial charge in [-0.1, -0.05) is 29.4 Å². The Hall–Kier alpha value is -3.02. The summed E-state index contributed by atoms with van der Waals surface area (Å²) in [5, 5.41) is 6.84. The number of pyridine rings is 1. The van der Waals surface area contributed by atoms with Gasteiger partial charge in [0.15, 0.2) is 0 Å². The Morgan fingerprint density at radius 2 is 1.92 bits per heavy atom. The average molecular weight is 322 g/mol. The molecule has 0 aliphatic carbocycles. The molecule has 2 heterocycles. The van der Waals surface area contributed by atoms with Gasteiger partial charge in [-0.05, 0) is 37.1 Å². The molecule has 1 amide bonds. The summed E-state index contributed by atoms with van der Waals surface area (Å²) in [7, 11) is 0. The number of rotatable bonds is 5. The van der Waals surface area contributed by atoms with Gasteiger partial charge >= 0.3 is 0 Å². The number of anilines is 1. The van der Waals surface area contributed by atoms with E-state index in [1.54, 1.807) is 6.20 Å². The van der Waals surface area contributed by atoms with Gasteiger partial charge in [0.1, 0.15) is 5.69 Å². The molecule has 2 aromatic heterocycles. The van der Waals surface area contributed by atoms with Crippen LogP contribution in [0.25, 0.3) is 11.5 Å². The monoisotopic (exact) mass is 322 g/mol. The lowest BCUT2D eigenvalue weighted by molar-refractivity contribution is -0.116. The van der Waals surface area contributed by atoms with E-state index in [0.29, 0.717) is 23.8 Å². The van der Waals surface area contributed by atoms with Crippen LogP contribution in [0.4, 0.5) is 5.69 Å². The summed E-state index contributed by atoms with van der Waals surface area (Å²) in [6, 6.07) is 11.4. The highest BCUT2D eigenvalue weighted by atomic mass is 16.5. The number of aryl methyl sites for hydroxylation is 3. The largest absolute Gasteiger partial charge is 0.339 e. The first-order chi connectivity index (χ1) is 11.6. The zero-order valence-corrected chi connectivity index (χ0v) is 13.6. The smallest absolute Gasteiger partial charge is 0.227 e. The maximum atomic E-state index is 12.2. The molecule has 0 radical (unpaired) electrons. The number of hydrogen-bond donors (Lipinski definition) is 1. The van der Waals surface area contributed by atoms with Crippen LogP contribution in [-0.2, 0) is 11.2 Å². The summed E-state index contributed by atoms with van der Waals surface area (Å²) < 4.78 is 5.19. The number of para-hydroxylation sites is 1. The molecule has 6 nitrogen and oxygen atoms in total. The molecule has 0 unspecified atom stereocenters. The molecule has 0 aliphatic rings. The molecule has 0 saturated carbocycles. The second-order valence-electron chi connectivity index (χ2n) is 5.54. The Morgan fingerprint density at radius 3 is 2.62 bits per heavy atom. The van der Waals surface area contributed by atoms with Crippen LogP contribution in [0.2, 0.25) is 0 Å². The van der Waals surface area contributed by atoms with Crippen molar-refractivity contribution in [3.63, 3.8) is 0 Å². The maximum Gasteiger partial charge on any atom is 0.227 e. The topological polar surface area (TPSA) is 80.9 Å². The van der Waals surface area contributed by atoms with Gasteiger partial charge in [-0.3, -0.25) is 9.78 Å². The average Bonchev–Trinajstić information content (AvgIpc) is 3.06. The van der Waals surface area contributed by atoms with Gasteiger partial charge in [0.25, 0.3) is 0 Å². The van der Waals surface area contributed by atoms with Crippen molar-refractivity contribution in [3.05, 3.63) is 59.6 Å². The van der Waals surface area contributed by atoms with Crippen molar-refractivity contribution < 1.29 is 9.32 Å². The van der Waals surface area contributed by atoms with Crippen molar-refractivity contribution in [3.8, 4) is 11.5 Å². The first-order valence-corrected chi connectivity index (χ1v) is 7.73. The van der Waals surface area contributed by atoms with E-state index >= 15 is 0 Å². The number of amides is 1. The van der Waals surface area contributed by atoms with E-state index in [9.17, 15) is 4.79 Å². The third kappa shape index (κ3) is 3.65. The van der Waals surface area contributed by atoms with Crippen LogP contribution in [0.1, 0.15) is 23.4 Å². The normalized spacial score (nSPS) is 10.6. The lowest BCUT2D eigenvalue weighted by Crippen LogP contribution is -2.14. The highest BCUT2D eigenvalue weighted by Crippen LogP contribution is 2.20. The van der Waals surface area contributed by atoms with Gasteiger partial charge < -0.3 is 9.84 Å². The molecule has 0 fully saturated rings. The van der Waals surface area contributed by atoms with E-state index in [0.717, 1.165) is 16.8 Å². The Morgan fingerprint density at radius 1 is 1.12 bits per heavy atom. The molecule has 24 heavy (non-hydrogen) atoms. The van der Waals surface area contributed by atoms with Gasteiger partial charge in [-0.2, -0.15) is 4.98 Å². The summed E-state index contributed by atoms with van der Waals surface area (Å²) in [6.07, 6.45) is 2.33. The Labute approximate surface area is 139 Å². The summed E-state index contributed by atoms with van der Waals surface area (Å²) in [6.45, 7) is 3.94. The van der Waals surface area contributed by atoms with E-state index in [1.165, 1.54) is 0 Å². The van der Waals surface area contributed by atoms with Crippen LogP contribution in [0, 0.1) is 13.8 Å². The third-order valence-electron chi connectivity index (χ3n) is 3.67. The van der Waals surface area contributed by atoms with Gasteiger partial charge in [-0.25, -0.2) is 0 Å². The second kappa shape index (κ2) is 7.04. The molecule has 0 saturated heterocycles. The molecule has 0 spiro atoms. The molecule has 6 heteroatoms. The Bertz CT molecular complexity index is 823. The highest BCUT2D eigenvalue weighted by Gasteiger charge is 2.12. The van der Waals surface area contributed by atoms with Crippen molar-refractivity contribution in [1.82, 2.24) is 15.1 Å². The molecule has 122 valence electrons. The minimum atomic E-state index is -0.0787. The van der Waals surface area contributed by atoms with E-state index in [-0.39, 0.29) is 12.3 Å². The Balaban J connectivity index is 1.60. The molecular formula is C18H18N4O2. The molecule has 0 aliphatic heterocycles. The molecule has 1 N–H and O–H groups in total. The minimum absolute atomic E-state index is 0.0787. The number of benzene rings is 1. The van der Waals surface area contributed by atoms with Crippen LogP contribution in [0.15, 0.2) is 47.1 Å². The number of carbonyl (C=O) groups is 1. The summed E-state index contributed by atoms with van der Waals surface area (Å²) >= 11 is 0. The lowest BCUT2D eigenvalue weighted by atomic mass is 10.1. The number of nitrogens with zero attached hydrogens (tertiary/aromatic N) is 3. The van der Waals surface area contributed by atoms with Crippen LogP contribution in [0.5, 0.6) is 0 Å². The first-order valence-electron chi connectivity index (χ1n) is 7.73. The third-order valence-corrected chi connectivity index (χ3v) is 3.67. The fraction of sp³-hybridized carbons (Fsp3) is 0.222. The maximum absolute atomic E-state index is 12.2. The second-order valence-corrected chi connectivity index (χ2v) is 5.54. The summed E-state index contributed by atoms with van der Waals surface area (Å²) in [4.78, 5) is 20.6. The van der Waals surface area contributed by atoms with E-state index in [1.807, 2.05) is 50.2 Å². The zero-order valence-electron chi connectivity index (χ0n) is 13.6. The van der Waals surface area contributed by atoms with Crippen LogP contribution >= 0.6 is 0 Å². The predicted molar refractivity (Wildman–Crippen MR) is 90.4 cm³/mol. The molecule has 0 atom stereocenters. The SMILES string of the molecule is Cc1cccc(C)c1NC(=O)CCc1nc(-c2ccccn2)no1. The zero-order chi connectivity index (χ0) is 16.9. The Kier molecular flexibility index (Phi) is 4.65. The van der Waals surface area contributed by atoms with Gasteiger partial charge in [0.05, 0.1) is 0 Å². The number of hydrogen-bond acceptors (Lipinski definition) is 5. The molecular weight excluding hydrogens is 304 g/mol. The van der Waals surface area contributed by atoms with Crippen LogP contribution < -0.4 is 5.32 Å². The fourth-order valence-electron chi connectivity index (χ4n) is 2.39. The predicted octanol–water partition coefficient (Wildman–Crippen LogP) is 3.32. The summed E-state index contributed by atoms with van der Waals surface area (Å²) in [5.41, 5.74) is 3.59. The summed E-state index contributed by atoms with van der Waals surface area (Å²) in [5.74, 6) is 0.776.